The average Bonchev–Trinajstić information content (AvgIpc) is 0.722. The Hall–Kier alpha value is 3.69. The first-order chi connectivity index (χ1) is 2.00. The number of rotatable bonds is 0. The molecule has 0 aromatic rings. The third kappa shape index (κ3) is 362. The molecular weight excluding hydrogens is 397 g/mol. The first kappa shape index (κ1) is 116. The van der Waals surface area contributed by atoms with E-state index in [9.17, 15) is 0 Å². The van der Waals surface area contributed by atoms with Crippen LogP contribution in [0, 0.1) is 0 Å². The summed E-state index contributed by atoms with van der Waals surface area (Å²) < 4.78 is 34.1. The SMILES string of the molecule is O.O.O.O.O.O.O=S(=O)([O-])[O-].[Cl-].[Cl-].[Na+].[Na+].[Sr+2]. The van der Waals surface area contributed by atoms with Gasteiger partial charge in [-0.1, -0.05) is 0 Å². The number of halogens is 2. The second-order valence-electron chi connectivity index (χ2n) is 0.408. The first-order valence-electron chi connectivity index (χ1n) is 0.667. The van der Waals surface area contributed by atoms with E-state index in [2.05, 4.69) is 0 Å². The molecule has 0 aliphatic carbocycles. The van der Waals surface area contributed by atoms with Crippen molar-refractivity contribution in [1.29, 1.82) is 0 Å². The predicted octanol–water partition coefficient (Wildman–Crippen LogP) is -18.7. The van der Waals surface area contributed by atoms with E-state index < -0.39 is 10.4 Å². The summed E-state index contributed by atoms with van der Waals surface area (Å²) in [5, 5.41) is 0. The van der Waals surface area contributed by atoms with Gasteiger partial charge in [0.15, 0.2) is 0 Å². The summed E-state index contributed by atoms with van der Waals surface area (Å²) in [4.78, 5) is 0. The average molecular weight is 409 g/mol. The Morgan fingerprint density at radius 1 is 0.625 bits per heavy atom. The molecule has 0 saturated carbocycles. The molecule has 0 fully saturated rings. The van der Waals surface area contributed by atoms with Crippen molar-refractivity contribution >= 4 is 55.9 Å². The van der Waals surface area contributed by atoms with Crippen LogP contribution in [0.3, 0.4) is 0 Å². The molecule has 16 heavy (non-hydrogen) atoms. The molecule has 0 saturated heterocycles. The van der Waals surface area contributed by atoms with Crippen LogP contribution in [0.25, 0.3) is 0 Å². The summed E-state index contributed by atoms with van der Waals surface area (Å²) in [5.41, 5.74) is 0. The van der Waals surface area contributed by atoms with Crippen LogP contribution in [0.5, 0.6) is 0 Å². The summed E-state index contributed by atoms with van der Waals surface area (Å²) in [6.07, 6.45) is 0. The van der Waals surface area contributed by atoms with Gasteiger partial charge >= 0.3 is 105 Å². The van der Waals surface area contributed by atoms with Gasteiger partial charge in [-0.25, -0.2) is 0 Å². The van der Waals surface area contributed by atoms with E-state index >= 15 is 0 Å². The van der Waals surface area contributed by atoms with Crippen molar-refractivity contribution in [2.75, 3.05) is 0 Å². The molecule has 10 nitrogen and oxygen atoms in total. The van der Waals surface area contributed by atoms with E-state index in [0.717, 1.165) is 0 Å². The van der Waals surface area contributed by atoms with Gasteiger partial charge in [-0.2, -0.15) is 0 Å². The number of hydrogen-bond acceptors (Lipinski definition) is 4. The largest absolute Gasteiger partial charge is 2.00 e. The molecule has 0 heterocycles. The van der Waals surface area contributed by atoms with Crippen molar-refractivity contribution in [3.63, 3.8) is 0 Å². The van der Waals surface area contributed by atoms with Crippen molar-refractivity contribution in [3.05, 3.63) is 0 Å². The summed E-state index contributed by atoms with van der Waals surface area (Å²) in [7, 11) is -5.17. The molecule has 0 aliphatic heterocycles. The number of hydrogen-bond donors (Lipinski definition) is 0. The van der Waals surface area contributed by atoms with E-state index in [-0.39, 0.29) is 162 Å². The van der Waals surface area contributed by atoms with Gasteiger partial charge in [0.2, 0.25) is 0 Å². The Balaban J connectivity index is -0.00000000145. The molecule has 16 heteroatoms. The minimum Gasteiger partial charge on any atom is -1.00 e. The molecule has 0 spiro atoms. The fourth-order valence-corrected chi connectivity index (χ4v) is 0. The van der Waals surface area contributed by atoms with Crippen molar-refractivity contribution in [2.45, 2.75) is 0 Å². The van der Waals surface area contributed by atoms with E-state index in [1.165, 1.54) is 0 Å². The van der Waals surface area contributed by atoms with E-state index in [1.807, 2.05) is 0 Å². The molecule has 0 aromatic heterocycles. The van der Waals surface area contributed by atoms with Crippen LogP contribution < -0.4 is 83.9 Å². The van der Waals surface area contributed by atoms with E-state index in [1.54, 1.807) is 0 Å². The molecule has 0 unspecified atom stereocenters. The second-order valence-corrected chi connectivity index (χ2v) is 1.22. The summed E-state index contributed by atoms with van der Waals surface area (Å²) >= 11 is 0. The molecule has 0 aromatic carbocycles. The standard InChI is InChI=1S/2ClH.2Na.H2O4S.6H2O.Sr/c;;;;1-5(2,3)4;;;;;;;/h2*1H;;;(H2,1,2,3,4);6*1H2;/q;;2*+1;;;;;;;;+2/p-4. The predicted molar refractivity (Wildman–Crippen MR) is 37.9 cm³/mol. The maximum absolute atomic E-state index is 8.52. The minimum atomic E-state index is -5.17. The van der Waals surface area contributed by atoms with Gasteiger partial charge in [-0.05, 0) is 0 Å². The fraction of sp³-hybridized carbons (Fsp3) is 0. The Morgan fingerprint density at radius 3 is 0.625 bits per heavy atom. The van der Waals surface area contributed by atoms with Gasteiger partial charge in [0.25, 0.3) is 0 Å². The molecule has 0 amide bonds. The second kappa shape index (κ2) is 62.3. The molecule has 0 bridgehead atoms. The summed E-state index contributed by atoms with van der Waals surface area (Å²) in [5.74, 6) is 0. The molecule has 96 valence electrons. The van der Waals surface area contributed by atoms with Crippen LogP contribution in [-0.2, 0) is 10.4 Å². The van der Waals surface area contributed by atoms with Crippen LogP contribution in [-0.4, -0.2) is 95.9 Å². The maximum Gasteiger partial charge on any atom is 2.00 e. The smallest absolute Gasteiger partial charge is 1.00 e. The van der Waals surface area contributed by atoms with Crippen LogP contribution >= 0.6 is 0 Å². The van der Waals surface area contributed by atoms with Gasteiger partial charge in [0.05, 0.1) is 0 Å². The Morgan fingerprint density at radius 2 is 0.625 bits per heavy atom. The molecule has 0 atom stereocenters. The van der Waals surface area contributed by atoms with Gasteiger partial charge in [-0.15, -0.1) is 0 Å². The molecular formula is H12Cl2Na2O10SSr. The van der Waals surface area contributed by atoms with Gasteiger partial charge in [0.1, 0.15) is 0 Å². The molecule has 0 aliphatic rings. The summed E-state index contributed by atoms with van der Waals surface area (Å²) in [6.45, 7) is 0. The molecule has 0 radical (unpaired) electrons. The first-order valence-corrected chi connectivity index (χ1v) is 2.00. The van der Waals surface area contributed by atoms with Gasteiger partial charge in [0, 0.05) is 10.4 Å². The van der Waals surface area contributed by atoms with Gasteiger partial charge in [-0.3, -0.25) is 8.42 Å². The van der Waals surface area contributed by atoms with Crippen LogP contribution in [0.1, 0.15) is 0 Å². The third-order valence-corrected chi connectivity index (χ3v) is 0. The van der Waals surface area contributed by atoms with Crippen molar-refractivity contribution < 1.29 is 134 Å². The maximum atomic E-state index is 8.52. The topological polar surface area (TPSA) is 269 Å². The van der Waals surface area contributed by atoms with Crippen LogP contribution in [0.4, 0.5) is 0 Å². The van der Waals surface area contributed by atoms with E-state index in [4.69, 9.17) is 17.5 Å². The quantitative estimate of drug-likeness (QED) is 0.214. The third-order valence-electron chi connectivity index (χ3n) is 0. The molecule has 0 rings (SSSR count). The van der Waals surface area contributed by atoms with Crippen LogP contribution in [0.2, 0.25) is 0 Å². The zero-order chi connectivity index (χ0) is 4.50. The Kier molecular flexibility index (Phi) is 453. The zero-order valence-corrected chi connectivity index (χ0v) is 18.3. The summed E-state index contributed by atoms with van der Waals surface area (Å²) in [6, 6.07) is 0. The van der Waals surface area contributed by atoms with Crippen molar-refractivity contribution in [1.82, 2.24) is 0 Å². The normalized spacial score (nSPS) is 3.62. The van der Waals surface area contributed by atoms with Crippen molar-refractivity contribution in [3.8, 4) is 0 Å². The van der Waals surface area contributed by atoms with Gasteiger partial charge < -0.3 is 66.8 Å². The molecule has 12 N–H and O–H groups in total. The van der Waals surface area contributed by atoms with Crippen LogP contribution in [0.15, 0.2) is 0 Å². The fourth-order valence-electron chi connectivity index (χ4n) is 0. The monoisotopic (exact) mass is 408 g/mol. The minimum absolute atomic E-state index is 0. The zero-order valence-electron chi connectivity index (χ0n) is 8.50. The van der Waals surface area contributed by atoms with E-state index in [0.29, 0.717) is 0 Å². The Labute approximate surface area is 186 Å². The van der Waals surface area contributed by atoms with Crippen molar-refractivity contribution in [2.24, 2.45) is 0 Å². The Bertz CT molecular complexity index is 110.